The lowest BCUT2D eigenvalue weighted by Crippen LogP contribution is -2.23. The monoisotopic (exact) mass is 358 g/mol. The van der Waals surface area contributed by atoms with Gasteiger partial charge < -0.3 is 0 Å². The Bertz CT molecular complexity index is 927. The zero-order valence-electron chi connectivity index (χ0n) is 12.5. The Kier molecular flexibility index (Phi) is 3.67. The number of rotatable bonds is 2. The third-order valence-corrected chi connectivity index (χ3v) is 6.15. The number of hydrogen-bond donors (Lipinski definition) is 1. The van der Waals surface area contributed by atoms with Gasteiger partial charge in [-0.25, -0.2) is 23.6 Å². The van der Waals surface area contributed by atoms with Crippen LogP contribution in [0.15, 0.2) is 70.8 Å². The third kappa shape index (κ3) is 2.62. The third-order valence-electron chi connectivity index (χ3n) is 3.90. The predicted octanol–water partition coefficient (Wildman–Crippen LogP) is 2.45. The van der Waals surface area contributed by atoms with Crippen LogP contribution in [0.1, 0.15) is 23.2 Å². The van der Waals surface area contributed by atoms with E-state index in [2.05, 4.69) is 5.10 Å². The van der Waals surface area contributed by atoms with E-state index in [0.717, 1.165) is 22.9 Å². The number of aliphatic imine (C=N–C) groups is 1. The lowest BCUT2D eigenvalue weighted by atomic mass is 9.94. The predicted molar refractivity (Wildman–Crippen MR) is 95.8 cm³/mol. The van der Waals surface area contributed by atoms with Crippen LogP contribution in [0.25, 0.3) is 0 Å². The number of hydrazone groups is 1. The standard InChI is InChI=1S/C16H14N4O2S2/c17-24(21,22)16-19-20-14(12-9-5-2-6-10-12)13(18-15(20)23-16)11-7-3-1-4-8-11/h1-10,13-14H,(H2,17,21,22). The molecule has 2 N–H and O–H groups in total. The van der Waals surface area contributed by atoms with Gasteiger partial charge >= 0.3 is 0 Å². The number of nitrogens with two attached hydrogens (primary N) is 1. The van der Waals surface area contributed by atoms with E-state index in [0.29, 0.717) is 5.17 Å². The highest BCUT2D eigenvalue weighted by Gasteiger charge is 2.44. The molecule has 4 rings (SSSR count). The molecule has 2 unspecified atom stereocenters. The summed E-state index contributed by atoms with van der Waals surface area (Å²) in [5.74, 6) is 0. The summed E-state index contributed by atoms with van der Waals surface area (Å²) in [5.41, 5.74) is 2.08. The van der Waals surface area contributed by atoms with E-state index in [4.69, 9.17) is 10.1 Å². The molecule has 122 valence electrons. The Morgan fingerprint density at radius 2 is 1.54 bits per heavy atom. The summed E-state index contributed by atoms with van der Waals surface area (Å²) >= 11 is 0.998. The normalized spacial score (nSPS) is 23.0. The number of nitrogens with zero attached hydrogens (tertiary/aromatic N) is 3. The first kappa shape index (κ1) is 15.4. The SMILES string of the molecule is NS(=O)(=O)C1=NN2C(=NC(c3ccccc3)C2c2ccccc2)S1. The number of hydrogen-bond acceptors (Lipinski definition) is 6. The first-order chi connectivity index (χ1) is 11.5. The molecule has 0 aliphatic carbocycles. The number of amidine groups is 1. The zero-order valence-corrected chi connectivity index (χ0v) is 14.1. The van der Waals surface area contributed by atoms with Gasteiger partial charge in [0, 0.05) is 0 Å². The fourth-order valence-electron chi connectivity index (χ4n) is 2.86. The number of fused-ring (bicyclic) bond motifs is 1. The average molecular weight is 358 g/mol. The van der Waals surface area contributed by atoms with Crippen molar-refractivity contribution in [3.63, 3.8) is 0 Å². The molecule has 0 spiro atoms. The van der Waals surface area contributed by atoms with Gasteiger partial charge in [-0.15, -0.1) is 5.10 Å². The van der Waals surface area contributed by atoms with Crippen LogP contribution in [-0.4, -0.2) is 23.0 Å². The number of benzene rings is 2. The Balaban J connectivity index is 1.80. The minimum atomic E-state index is -3.84. The van der Waals surface area contributed by atoms with Crippen LogP contribution in [0.3, 0.4) is 0 Å². The van der Waals surface area contributed by atoms with Crippen molar-refractivity contribution in [2.45, 2.75) is 12.1 Å². The summed E-state index contributed by atoms with van der Waals surface area (Å²) in [5, 5.41) is 11.7. The Hall–Kier alpha value is -2.16. The second-order valence-electron chi connectivity index (χ2n) is 5.48. The van der Waals surface area contributed by atoms with Crippen molar-refractivity contribution in [3.8, 4) is 0 Å². The molecule has 2 atom stereocenters. The molecule has 2 aliphatic heterocycles. The summed E-state index contributed by atoms with van der Waals surface area (Å²) in [6.45, 7) is 0. The average Bonchev–Trinajstić information content (AvgIpc) is 3.14. The molecule has 6 nitrogen and oxygen atoms in total. The van der Waals surface area contributed by atoms with Crippen LogP contribution in [0.2, 0.25) is 0 Å². The molecule has 0 radical (unpaired) electrons. The zero-order chi connectivity index (χ0) is 16.7. The van der Waals surface area contributed by atoms with Crippen LogP contribution in [-0.2, 0) is 10.0 Å². The van der Waals surface area contributed by atoms with E-state index < -0.39 is 10.0 Å². The topological polar surface area (TPSA) is 88.1 Å². The summed E-state index contributed by atoms with van der Waals surface area (Å²) in [7, 11) is -3.84. The highest BCUT2D eigenvalue weighted by atomic mass is 32.3. The van der Waals surface area contributed by atoms with Gasteiger partial charge in [-0.1, -0.05) is 60.7 Å². The van der Waals surface area contributed by atoms with E-state index in [-0.39, 0.29) is 16.5 Å². The van der Waals surface area contributed by atoms with Gasteiger partial charge in [-0.2, -0.15) is 0 Å². The summed E-state index contributed by atoms with van der Waals surface area (Å²) in [4.78, 5) is 4.71. The highest BCUT2D eigenvalue weighted by Crippen LogP contribution is 2.47. The number of sulfonamides is 1. The number of primary sulfonamides is 1. The van der Waals surface area contributed by atoms with Crippen LogP contribution in [0.4, 0.5) is 0 Å². The molecule has 2 aromatic carbocycles. The van der Waals surface area contributed by atoms with Crippen molar-refractivity contribution in [1.82, 2.24) is 5.01 Å². The summed E-state index contributed by atoms with van der Waals surface area (Å²) < 4.78 is 23.1. The van der Waals surface area contributed by atoms with Crippen LogP contribution in [0, 0.1) is 0 Å². The molecule has 2 heterocycles. The fourth-order valence-corrected chi connectivity index (χ4v) is 4.45. The molecule has 2 aliphatic rings. The lowest BCUT2D eigenvalue weighted by Gasteiger charge is -2.24. The fraction of sp³-hybridized carbons (Fsp3) is 0.125. The minimum absolute atomic E-state index is 0.117. The largest absolute Gasteiger partial charge is 0.264 e. The molecule has 24 heavy (non-hydrogen) atoms. The Labute approximate surface area is 144 Å². The van der Waals surface area contributed by atoms with E-state index in [1.807, 2.05) is 60.7 Å². The first-order valence-corrected chi connectivity index (χ1v) is 9.66. The maximum atomic E-state index is 11.6. The highest BCUT2D eigenvalue weighted by molar-refractivity contribution is 8.42. The van der Waals surface area contributed by atoms with Crippen molar-refractivity contribution < 1.29 is 8.42 Å². The van der Waals surface area contributed by atoms with Crippen molar-refractivity contribution in [3.05, 3.63) is 71.8 Å². The molecule has 2 aromatic rings. The smallest absolute Gasteiger partial charge is 0.250 e. The summed E-state index contributed by atoms with van der Waals surface area (Å²) in [6, 6.07) is 19.4. The second kappa shape index (κ2) is 5.73. The number of thioether (sulfide) groups is 1. The van der Waals surface area contributed by atoms with E-state index in [1.54, 1.807) is 5.01 Å². The minimum Gasteiger partial charge on any atom is -0.250 e. The molecule has 0 amide bonds. The molecule has 8 heteroatoms. The lowest BCUT2D eigenvalue weighted by molar-refractivity contribution is 0.332. The van der Waals surface area contributed by atoms with Crippen LogP contribution < -0.4 is 5.14 Å². The van der Waals surface area contributed by atoms with Crippen molar-refractivity contribution in [2.24, 2.45) is 15.2 Å². The van der Waals surface area contributed by atoms with Gasteiger partial charge in [-0.3, -0.25) is 0 Å². The Morgan fingerprint density at radius 1 is 0.958 bits per heavy atom. The molecule has 0 aromatic heterocycles. The van der Waals surface area contributed by atoms with Crippen molar-refractivity contribution >= 4 is 31.3 Å². The first-order valence-electron chi connectivity index (χ1n) is 7.30. The maximum Gasteiger partial charge on any atom is 0.264 e. The molecule has 0 saturated carbocycles. The summed E-state index contributed by atoms with van der Waals surface area (Å²) in [6.07, 6.45) is 0. The quantitative estimate of drug-likeness (QED) is 0.893. The van der Waals surface area contributed by atoms with Gasteiger partial charge in [0.2, 0.25) is 4.38 Å². The van der Waals surface area contributed by atoms with Crippen LogP contribution >= 0.6 is 11.8 Å². The van der Waals surface area contributed by atoms with Gasteiger partial charge in [0.05, 0.1) is 0 Å². The molecule has 0 saturated heterocycles. The molecule has 0 bridgehead atoms. The van der Waals surface area contributed by atoms with Crippen LogP contribution in [0.5, 0.6) is 0 Å². The van der Waals surface area contributed by atoms with Crippen molar-refractivity contribution in [2.75, 3.05) is 0 Å². The van der Waals surface area contributed by atoms with Gasteiger partial charge in [0.15, 0.2) is 5.17 Å². The van der Waals surface area contributed by atoms with Gasteiger partial charge in [-0.05, 0) is 22.9 Å². The Morgan fingerprint density at radius 3 is 2.12 bits per heavy atom. The molecule has 0 fully saturated rings. The van der Waals surface area contributed by atoms with Gasteiger partial charge in [0.1, 0.15) is 12.1 Å². The van der Waals surface area contributed by atoms with E-state index in [1.165, 1.54) is 0 Å². The van der Waals surface area contributed by atoms with Crippen molar-refractivity contribution in [1.29, 1.82) is 0 Å². The second-order valence-corrected chi connectivity index (χ2v) is 8.17. The van der Waals surface area contributed by atoms with E-state index >= 15 is 0 Å². The molecular formula is C16H14N4O2S2. The molecular weight excluding hydrogens is 344 g/mol. The van der Waals surface area contributed by atoms with Gasteiger partial charge in [0.25, 0.3) is 10.0 Å². The maximum absolute atomic E-state index is 11.6. The van der Waals surface area contributed by atoms with E-state index in [9.17, 15) is 8.42 Å².